The number of likely N-dealkylation sites (N-methyl/N-ethyl adjacent to an activating group) is 1. The summed E-state index contributed by atoms with van der Waals surface area (Å²) in [6, 6.07) is 5.87. The minimum atomic E-state index is -0.750. The summed E-state index contributed by atoms with van der Waals surface area (Å²) in [4.78, 5) is 28.8. The van der Waals surface area contributed by atoms with Gasteiger partial charge in [0, 0.05) is 71.3 Å². The number of nitrogens with one attached hydrogen (secondary N) is 6. The number of hydrogen-bond donors (Lipinski definition) is 7. The molecule has 4 aliphatic rings. The van der Waals surface area contributed by atoms with Gasteiger partial charge in [-0.25, -0.2) is 0 Å². The van der Waals surface area contributed by atoms with Crippen molar-refractivity contribution in [1.29, 1.82) is 0 Å². The Hall–Kier alpha value is -2.40. The Balaban J connectivity index is 1.10. The number of nitrogens with zero attached hydrogens (tertiary/aromatic N) is 2. The number of fused-ring (bicyclic) bond motifs is 1. The van der Waals surface area contributed by atoms with Crippen LogP contribution in [0.1, 0.15) is 31.4 Å². The highest BCUT2D eigenvalue weighted by Crippen LogP contribution is 2.24. The van der Waals surface area contributed by atoms with Crippen LogP contribution >= 0.6 is 0 Å². The van der Waals surface area contributed by atoms with E-state index in [4.69, 9.17) is 14.2 Å². The molecule has 4 aliphatic heterocycles. The first kappa shape index (κ1) is 33.0. The van der Waals surface area contributed by atoms with Crippen LogP contribution < -0.4 is 36.6 Å². The van der Waals surface area contributed by atoms with Gasteiger partial charge in [-0.3, -0.25) is 35.8 Å². The van der Waals surface area contributed by atoms with Gasteiger partial charge >= 0.3 is 0 Å². The third-order valence-electron chi connectivity index (χ3n) is 9.16. The number of aliphatic hydroxyl groups excluding tert-OH is 1. The van der Waals surface area contributed by atoms with E-state index >= 15 is 0 Å². The lowest BCUT2D eigenvalue weighted by molar-refractivity contribution is -0.133. The van der Waals surface area contributed by atoms with Gasteiger partial charge in [0.2, 0.25) is 11.8 Å². The number of benzene rings is 1. The predicted octanol–water partition coefficient (Wildman–Crippen LogP) is -2.15. The van der Waals surface area contributed by atoms with Gasteiger partial charge < -0.3 is 34.9 Å². The van der Waals surface area contributed by atoms with Crippen LogP contribution in [-0.4, -0.2) is 136 Å². The van der Waals surface area contributed by atoms with E-state index in [9.17, 15) is 14.7 Å². The van der Waals surface area contributed by atoms with Crippen molar-refractivity contribution in [2.45, 2.75) is 82.1 Å². The molecule has 5 rings (SSSR count). The van der Waals surface area contributed by atoms with Crippen molar-refractivity contribution in [2.75, 3.05) is 60.3 Å². The fraction of sp³-hybridized carbons (Fsp3) is 0.733. The molecule has 0 radical (unpaired) electrons. The molecular formula is C30H50N8O6. The van der Waals surface area contributed by atoms with Gasteiger partial charge in [-0.1, -0.05) is 6.07 Å². The smallest absolute Gasteiger partial charge is 0.237 e. The molecule has 5 unspecified atom stereocenters. The van der Waals surface area contributed by atoms with Gasteiger partial charge in [0.05, 0.1) is 31.6 Å². The standard InChI is InChI=1S/C30H50N8O6/c1-18-27(44-17-33-18)16-43-23-6-5-20-10-24(31-12-21(20)9-23)26(40)13-32-29(41)25-11-28(34-22-14-38(15-22)19(2)39)36-30(35-25)37(3)7-8-42-4/h5-6,9,18,22,24-28,30-31,33-36,40H,7-8,10-17H2,1-4H3,(H,32,41)/t18?,24-,25?,26+,27?,28?,30?/m0/s1. The molecule has 1 aromatic carbocycles. The maximum atomic E-state index is 13.4. The number of carbonyl (C=O) groups excluding carboxylic acids is 2. The number of aliphatic hydroxyl groups is 1. The van der Waals surface area contributed by atoms with E-state index in [0.717, 1.165) is 16.9 Å². The SMILES string of the molecule is COCCN(C)C1NC(NC2CN(C(C)=O)C2)CC(C(=O)NC[C@@H](O)[C@@H]2Cc3ccc(OCC4OCNC4C)cc3CN2)N1. The second-order valence-corrected chi connectivity index (χ2v) is 12.4. The molecule has 0 saturated carbocycles. The van der Waals surface area contributed by atoms with E-state index in [1.165, 1.54) is 0 Å². The van der Waals surface area contributed by atoms with Gasteiger partial charge in [0.15, 0.2) is 0 Å². The van der Waals surface area contributed by atoms with Crippen molar-refractivity contribution in [1.82, 2.24) is 41.7 Å². The molecule has 3 fully saturated rings. The highest BCUT2D eigenvalue weighted by atomic mass is 16.5. The zero-order valence-corrected chi connectivity index (χ0v) is 26.3. The van der Waals surface area contributed by atoms with Crippen molar-refractivity contribution in [2.24, 2.45) is 0 Å². The number of methoxy groups -OCH3 is 1. The maximum Gasteiger partial charge on any atom is 0.237 e. The lowest BCUT2D eigenvalue weighted by Gasteiger charge is -2.46. The van der Waals surface area contributed by atoms with Gasteiger partial charge in [-0.2, -0.15) is 0 Å². The van der Waals surface area contributed by atoms with Crippen LogP contribution in [0.2, 0.25) is 0 Å². The van der Waals surface area contributed by atoms with E-state index in [1.807, 2.05) is 19.2 Å². The summed E-state index contributed by atoms with van der Waals surface area (Å²) in [7, 11) is 3.63. The molecule has 7 N–H and O–H groups in total. The minimum absolute atomic E-state index is 0.0324. The highest BCUT2D eigenvalue weighted by molar-refractivity contribution is 5.82. The Kier molecular flexibility index (Phi) is 11.4. The monoisotopic (exact) mass is 618 g/mol. The Morgan fingerprint density at radius 3 is 2.77 bits per heavy atom. The molecule has 1 aromatic rings. The zero-order chi connectivity index (χ0) is 31.2. The Labute approximate surface area is 259 Å². The van der Waals surface area contributed by atoms with Crippen LogP contribution in [0.5, 0.6) is 5.75 Å². The van der Waals surface area contributed by atoms with E-state index in [1.54, 1.807) is 18.9 Å². The molecule has 0 aromatic heterocycles. The first-order chi connectivity index (χ1) is 21.2. The average Bonchev–Trinajstić information content (AvgIpc) is 3.42. The van der Waals surface area contributed by atoms with E-state index < -0.39 is 12.1 Å². The zero-order valence-electron chi connectivity index (χ0n) is 26.3. The lowest BCUT2D eigenvalue weighted by Crippen LogP contribution is -2.72. The molecule has 4 heterocycles. The second-order valence-electron chi connectivity index (χ2n) is 12.4. The summed E-state index contributed by atoms with van der Waals surface area (Å²) in [6.07, 6.45) is 0.0842. The van der Waals surface area contributed by atoms with E-state index in [-0.39, 0.29) is 55.0 Å². The fourth-order valence-electron chi connectivity index (χ4n) is 6.13. The van der Waals surface area contributed by atoms with Crippen molar-refractivity contribution in [3.8, 4) is 5.75 Å². The number of carbonyl (C=O) groups is 2. The van der Waals surface area contributed by atoms with Gasteiger partial charge in [-0.05, 0) is 43.7 Å². The molecule has 3 saturated heterocycles. The predicted molar refractivity (Wildman–Crippen MR) is 164 cm³/mol. The van der Waals surface area contributed by atoms with Crippen molar-refractivity contribution in [3.63, 3.8) is 0 Å². The first-order valence-electron chi connectivity index (χ1n) is 15.7. The summed E-state index contributed by atoms with van der Waals surface area (Å²) < 4.78 is 16.9. The van der Waals surface area contributed by atoms with Crippen molar-refractivity contribution < 1.29 is 28.9 Å². The van der Waals surface area contributed by atoms with Gasteiger partial charge in [-0.15, -0.1) is 0 Å². The van der Waals surface area contributed by atoms with Crippen LogP contribution in [-0.2, 0) is 32.0 Å². The largest absolute Gasteiger partial charge is 0.491 e. The number of rotatable bonds is 13. The topological polar surface area (TPSA) is 161 Å². The fourth-order valence-corrected chi connectivity index (χ4v) is 6.13. The molecule has 0 spiro atoms. The molecule has 7 atom stereocenters. The molecule has 14 nitrogen and oxygen atoms in total. The molecule has 0 bridgehead atoms. The second kappa shape index (κ2) is 15.3. The summed E-state index contributed by atoms with van der Waals surface area (Å²) >= 11 is 0. The summed E-state index contributed by atoms with van der Waals surface area (Å²) in [5.74, 6) is 0.721. The van der Waals surface area contributed by atoms with E-state index in [0.29, 0.717) is 59.0 Å². The Morgan fingerprint density at radius 1 is 1.23 bits per heavy atom. The first-order valence-corrected chi connectivity index (χ1v) is 15.7. The third kappa shape index (κ3) is 8.44. The number of amides is 2. The quantitative estimate of drug-likeness (QED) is 0.129. The number of hydrogen-bond acceptors (Lipinski definition) is 12. The molecule has 2 amide bonds. The van der Waals surface area contributed by atoms with Crippen LogP contribution in [0, 0.1) is 0 Å². The minimum Gasteiger partial charge on any atom is -0.491 e. The summed E-state index contributed by atoms with van der Waals surface area (Å²) in [5.41, 5.74) is 2.31. The van der Waals surface area contributed by atoms with Crippen molar-refractivity contribution in [3.05, 3.63) is 29.3 Å². The normalized spacial score (nSPS) is 29.6. The van der Waals surface area contributed by atoms with Crippen LogP contribution in [0.25, 0.3) is 0 Å². The maximum absolute atomic E-state index is 13.4. The van der Waals surface area contributed by atoms with E-state index in [2.05, 4.69) is 49.8 Å². The summed E-state index contributed by atoms with van der Waals surface area (Å²) in [5, 5.41) is 31.2. The van der Waals surface area contributed by atoms with Crippen LogP contribution in [0.4, 0.5) is 0 Å². The number of ether oxygens (including phenoxy) is 3. The Morgan fingerprint density at radius 2 is 2.05 bits per heavy atom. The number of likely N-dealkylation sites (tertiary alicyclic amines) is 1. The molecule has 246 valence electrons. The molecular weight excluding hydrogens is 568 g/mol. The highest BCUT2D eigenvalue weighted by Gasteiger charge is 2.37. The molecule has 0 aliphatic carbocycles. The van der Waals surface area contributed by atoms with Gasteiger partial charge in [0.25, 0.3) is 0 Å². The average molecular weight is 619 g/mol. The summed E-state index contributed by atoms with van der Waals surface area (Å²) in [6.45, 7) is 8.02. The lowest BCUT2D eigenvalue weighted by atomic mass is 9.92. The van der Waals surface area contributed by atoms with Crippen LogP contribution in [0.3, 0.4) is 0 Å². The molecule has 44 heavy (non-hydrogen) atoms. The van der Waals surface area contributed by atoms with Crippen molar-refractivity contribution >= 4 is 11.8 Å². The molecule has 14 heteroatoms. The third-order valence-corrected chi connectivity index (χ3v) is 9.16. The van der Waals surface area contributed by atoms with Crippen LogP contribution in [0.15, 0.2) is 18.2 Å². The Bertz CT molecular complexity index is 1120. The van der Waals surface area contributed by atoms with Gasteiger partial charge in [0.1, 0.15) is 24.8 Å².